The number of urea groups is 1. The Morgan fingerprint density at radius 1 is 1.22 bits per heavy atom. The number of rotatable bonds is 6. The number of thiazole rings is 1. The molecule has 2 atom stereocenters. The predicted octanol–water partition coefficient (Wildman–Crippen LogP) is 4.03. The average Bonchev–Trinajstić information content (AvgIpc) is 3.20. The molecule has 1 fully saturated rings. The molecule has 0 radical (unpaired) electrons. The van der Waals surface area contributed by atoms with Gasteiger partial charge >= 0.3 is 6.03 Å². The minimum Gasteiger partial charge on any atom is -0.357 e. The summed E-state index contributed by atoms with van der Waals surface area (Å²) in [5.74, 6) is 0.950. The Kier molecular flexibility index (Phi) is 6.22. The minimum absolute atomic E-state index is 0.0758. The van der Waals surface area contributed by atoms with E-state index >= 15 is 0 Å². The maximum atomic E-state index is 13.4. The average molecular weight is 522 g/mol. The van der Waals surface area contributed by atoms with Crippen LogP contribution in [0.2, 0.25) is 0 Å². The third-order valence-corrected chi connectivity index (χ3v) is 7.14. The molecule has 0 bridgehead atoms. The topological polar surface area (TPSA) is 132 Å². The molecular weight excluding hydrogens is 490 g/mol. The van der Waals surface area contributed by atoms with E-state index in [4.69, 9.17) is 5.10 Å². The Hall–Kier alpha value is -3.80. The van der Waals surface area contributed by atoms with E-state index in [-0.39, 0.29) is 35.0 Å². The Morgan fingerprint density at radius 2 is 2.00 bits per heavy atom. The van der Waals surface area contributed by atoms with Crippen LogP contribution in [0.1, 0.15) is 64.3 Å². The van der Waals surface area contributed by atoms with Crippen molar-refractivity contribution in [1.82, 2.24) is 34.6 Å². The molecule has 1 aliphatic rings. The zero-order valence-electron chi connectivity index (χ0n) is 21.7. The Balaban J connectivity index is 1.37. The third kappa shape index (κ3) is 4.80. The summed E-state index contributed by atoms with van der Waals surface area (Å²) in [6, 6.07) is 3.17. The number of hydrogen-bond acceptors (Lipinski definition) is 8. The minimum atomic E-state index is -0.342. The maximum Gasteiger partial charge on any atom is 0.320 e. The van der Waals surface area contributed by atoms with Crippen molar-refractivity contribution in [3.05, 3.63) is 51.6 Å². The smallest absolute Gasteiger partial charge is 0.320 e. The number of pyridine rings is 1. The first-order chi connectivity index (χ1) is 17.6. The van der Waals surface area contributed by atoms with E-state index in [9.17, 15) is 9.59 Å². The zero-order valence-corrected chi connectivity index (χ0v) is 22.6. The van der Waals surface area contributed by atoms with E-state index < -0.39 is 0 Å². The van der Waals surface area contributed by atoms with Crippen molar-refractivity contribution in [2.45, 2.75) is 64.5 Å². The summed E-state index contributed by atoms with van der Waals surface area (Å²) >= 11 is 1.44. The second-order valence-corrected chi connectivity index (χ2v) is 11.4. The van der Waals surface area contributed by atoms with Gasteiger partial charge in [0.25, 0.3) is 5.56 Å². The molecule has 0 spiro atoms. The number of fused-ring (bicyclic) bond motifs is 1. The van der Waals surface area contributed by atoms with Crippen LogP contribution in [0.15, 0.2) is 34.8 Å². The first-order valence-corrected chi connectivity index (χ1v) is 13.1. The predicted molar refractivity (Wildman–Crippen MR) is 145 cm³/mol. The lowest BCUT2D eigenvalue weighted by Gasteiger charge is -2.16. The highest BCUT2D eigenvalue weighted by Gasteiger charge is 2.42. The van der Waals surface area contributed by atoms with E-state index in [2.05, 4.69) is 51.7 Å². The van der Waals surface area contributed by atoms with Gasteiger partial charge in [-0.3, -0.25) is 19.7 Å². The number of nitrogens with one attached hydrogen (secondary N) is 3. The van der Waals surface area contributed by atoms with Gasteiger partial charge in [0.1, 0.15) is 16.5 Å². The van der Waals surface area contributed by atoms with Gasteiger partial charge in [-0.2, -0.15) is 10.1 Å². The van der Waals surface area contributed by atoms with Crippen LogP contribution in [-0.2, 0) is 5.41 Å². The molecule has 1 aliphatic carbocycles. The fourth-order valence-electron chi connectivity index (χ4n) is 4.34. The summed E-state index contributed by atoms with van der Waals surface area (Å²) in [6.07, 6.45) is 4.12. The van der Waals surface area contributed by atoms with Crippen LogP contribution in [0, 0.1) is 0 Å². The molecule has 12 heteroatoms. The standard InChI is InChI=1S/C25H31N9O2S/c1-13(2)33-21-14(10-28-23(26-6)31-21)7-16(22(33)35)15-8-17(15)29-24(36)30-19-9-18(25(3,4)5)32-34(19)20-11-27-12-37-20/h7,9-13,15,17H,8H2,1-6H3,(H,26,28,31)(H2,29,30,36). The normalized spacial score (nSPS) is 17.3. The van der Waals surface area contributed by atoms with Crippen LogP contribution in [0.4, 0.5) is 16.6 Å². The molecule has 0 aromatic carbocycles. The van der Waals surface area contributed by atoms with Gasteiger partial charge in [-0.05, 0) is 26.3 Å². The fourth-order valence-corrected chi connectivity index (χ4v) is 4.93. The quantitative estimate of drug-likeness (QED) is 0.349. The molecule has 5 rings (SSSR count). The summed E-state index contributed by atoms with van der Waals surface area (Å²) in [7, 11) is 1.74. The van der Waals surface area contributed by atoms with Gasteiger partial charge in [0.05, 0.1) is 17.4 Å². The highest BCUT2D eigenvalue weighted by molar-refractivity contribution is 7.12. The summed E-state index contributed by atoms with van der Waals surface area (Å²) < 4.78 is 3.40. The highest BCUT2D eigenvalue weighted by atomic mass is 32.1. The van der Waals surface area contributed by atoms with Crippen molar-refractivity contribution < 1.29 is 4.79 Å². The van der Waals surface area contributed by atoms with Crippen molar-refractivity contribution in [1.29, 1.82) is 0 Å². The third-order valence-electron chi connectivity index (χ3n) is 6.39. The summed E-state index contributed by atoms with van der Waals surface area (Å²) in [5.41, 5.74) is 3.57. The lowest BCUT2D eigenvalue weighted by molar-refractivity contribution is 0.251. The lowest BCUT2D eigenvalue weighted by atomic mass is 9.92. The van der Waals surface area contributed by atoms with Crippen molar-refractivity contribution in [3.63, 3.8) is 0 Å². The van der Waals surface area contributed by atoms with Gasteiger partial charge in [-0.25, -0.2) is 14.5 Å². The van der Waals surface area contributed by atoms with Gasteiger partial charge in [0.15, 0.2) is 0 Å². The lowest BCUT2D eigenvalue weighted by Crippen LogP contribution is -2.33. The van der Waals surface area contributed by atoms with Crippen LogP contribution in [0.25, 0.3) is 16.0 Å². The molecule has 194 valence electrons. The highest BCUT2D eigenvalue weighted by Crippen LogP contribution is 2.40. The number of carbonyl (C=O) groups is 1. The van der Waals surface area contributed by atoms with E-state index in [1.54, 1.807) is 34.2 Å². The number of carbonyl (C=O) groups excluding carboxylic acids is 1. The number of amides is 2. The van der Waals surface area contributed by atoms with Gasteiger partial charge < -0.3 is 10.6 Å². The molecular formula is C25H31N9O2S. The van der Waals surface area contributed by atoms with Crippen molar-refractivity contribution >= 4 is 40.2 Å². The zero-order chi connectivity index (χ0) is 26.5. The molecule has 4 heterocycles. The Bertz CT molecular complexity index is 1520. The summed E-state index contributed by atoms with van der Waals surface area (Å²) in [4.78, 5) is 39.4. The summed E-state index contributed by atoms with van der Waals surface area (Å²) in [5, 5.41) is 15.2. The molecule has 2 amide bonds. The van der Waals surface area contributed by atoms with Crippen LogP contribution >= 0.6 is 11.3 Å². The van der Waals surface area contributed by atoms with E-state index in [0.29, 0.717) is 29.4 Å². The van der Waals surface area contributed by atoms with Crippen LogP contribution in [0.5, 0.6) is 0 Å². The second-order valence-electron chi connectivity index (χ2n) is 10.6. The SMILES string of the molecule is CNc1ncc2cc(C3CC3NC(=O)Nc3cc(C(C)(C)C)nn3-c3cncs3)c(=O)n(C(C)C)c2n1. The first kappa shape index (κ1) is 24.9. The van der Waals surface area contributed by atoms with Crippen molar-refractivity contribution in [3.8, 4) is 5.00 Å². The monoisotopic (exact) mass is 521 g/mol. The molecule has 0 aliphatic heterocycles. The maximum absolute atomic E-state index is 13.4. The van der Waals surface area contributed by atoms with E-state index in [1.165, 1.54) is 11.3 Å². The number of nitrogens with zero attached hydrogens (tertiary/aromatic N) is 6. The molecule has 2 unspecified atom stereocenters. The first-order valence-electron chi connectivity index (χ1n) is 12.2. The molecule has 0 saturated heterocycles. The van der Waals surface area contributed by atoms with Crippen molar-refractivity contribution in [2.24, 2.45) is 0 Å². The van der Waals surface area contributed by atoms with E-state index in [0.717, 1.165) is 16.1 Å². The van der Waals surface area contributed by atoms with Gasteiger partial charge in [-0.1, -0.05) is 20.8 Å². The molecule has 4 aromatic rings. The van der Waals surface area contributed by atoms with Gasteiger partial charge in [-0.15, -0.1) is 11.3 Å². The number of aromatic nitrogens is 6. The second kappa shape index (κ2) is 9.25. The summed E-state index contributed by atoms with van der Waals surface area (Å²) in [6.45, 7) is 10.1. The number of hydrogen-bond donors (Lipinski definition) is 3. The Morgan fingerprint density at radius 3 is 2.65 bits per heavy atom. The molecule has 4 aromatic heterocycles. The molecule has 11 nitrogen and oxygen atoms in total. The van der Waals surface area contributed by atoms with E-state index in [1.807, 2.05) is 26.0 Å². The largest absolute Gasteiger partial charge is 0.357 e. The van der Waals surface area contributed by atoms with Crippen LogP contribution in [0.3, 0.4) is 0 Å². The molecule has 1 saturated carbocycles. The fraction of sp³-hybridized carbons (Fsp3) is 0.440. The van der Waals surface area contributed by atoms with Crippen LogP contribution in [-0.4, -0.2) is 48.4 Å². The van der Waals surface area contributed by atoms with Crippen LogP contribution < -0.4 is 21.5 Å². The Labute approximate surface area is 218 Å². The van der Waals surface area contributed by atoms with Gasteiger partial charge in [0.2, 0.25) is 5.95 Å². The van der Waals surface area contributed by atoms with Crippen molar-refractivity contribution in [2.75, 3.05) is 17.7 Å². The number of anilines is 2. The molecule has 37 heavy (non-hydrogen) atoms. The molecule has 3 N–H and O–H groups in total. The van der Waals surface area contributed by atoms with Gasteiger partial charge in [0, 0.05) is 53.7 Å².